The van der Waals surface area contributed by atoms with Crippen LogP contribution in [-0.2, 0) is 0 Å². The number of aromatic nitrogens is 2. The normalized spacial score (nSPS) is 23.4. The molecule has 18 heavy (non-hydrogen) atoms. The summed E-state index contributed by atoms with van der Waals surface area (Å²) in [6.45, 7) is 0.941. The van der Waals surface area contributed by atoms with Gasteiger partial charge in [-0.05, 0) is 37.3 Å². The fourth-order valence-electron chi connectivity index (χ4n) is 2.49. The van der Waals surface area contributed by atoms with Crippen LogP contribution in [0.15, 0.2) is 30.5 Å². The maximum atomic E-state index is 6.11. The highest BCUT2D eigenvalue weighted by molar-refractivity contribution is 6.20. The predicted octanol–water partition coefficient (Wildman–Crippen LogP) is 3.45. The van der Waals surface area contributed by atoms with Gasteiger partial charge >= 0.3 is 0 Å². The number of rotatable bonds is 3. The number of para-hydroxylation sites is 2. The summed E-state index contributed by atoms with van der Waals surface area (Å²) >= 11 is 6.11. The smallest absolute Gasteiger partial charge is 0.145 e. The largest absolute Gasteiger partial charge is 0.368 e. The van der Waals surface area contributed by atoms with Crippen LogP contribution >= 0.6 is 11.6 Å². The van der Waals surface area contributed by atoms with Crippen molar-refractivity contribution >= 4 is 28.5 Å². The van der Waals surface area contributed by atoms with Gasteiger partial charge in [0.25, 0.3) is 0 Å². The quantitative estimate of drug-likeness (QED) is 0.860. The third-order valence-electron chi connectivity index (χ3n) is 3.50. The number of hydrogen-bond donors (Lipinski definition) is 1. The zero-order chi connectivity index (χ0) is 12.4. The Morgan fingerprint density at radius 2 is 2.06 bits per heavy atom. The van der Waals surface area contributed by atoms with Crippen LogP contribution in [0, 0.1) is 5.92 Å². The summed E-state index contributed by atoms with van der Waals surface area (Å²) in [5.74, 6) is 1.52. The number of hydrogen-bond acceptors (Lipinski definition) is 3. The van der Waals surface area contributed by atoms with Crippen molar-refractivity contribution in [2.24, 2.45) is 5.92 Å². The van der Waals surface area contributed by atoms with Crippen LogP contribution in [0.3, 0.4) is 0 Å². The van der Waals surface area contributed by atoms with Crippen molar-refractivity contribution in [2.75, 3.05) is 11.9 Å². The Kier molecular flexibility index (Phi) is 3.33. The number of alkyl halides is 1. The van der Waals surface area contributed by atoms with Gasteiger partial charge in [0.1, 0.15) is 5.82 Å². The van der Waals surface area contributed by atoms with Gasteiger partial charge in [-0.15, -0.1) is 11.6 Å². The first-order chi connectivity index (χ1) is 8.81. The van der Waals surface area contributed by atoms with Crippen LogP contribution in [0.4, 0.5) is 5.82 Å². The summed E-state index contributed by atoms with van der Waals surface area (Å²) < 4.78 is 0. The van der Waals surface area contributed by atoms with Crippen LogP contribution in [0.1, 0.15) is 19.3 Å². The molecule has 1 aliphatic rings. The minimum atomic E-state index is 0.361. The van der Waals surface area contributed by atoms with Crippen molar-refractivity contribution in [3.8, 4) is 0 Å². The summed E-state index contributed by atoms with van der Waals surface area (Å²) in [5.41, 5.74) is 1.87. The number of anilines is 1. The number of nitrogens with zero attached hydrogens (tertiary/aromatic N) is 2. The molecule has 0 bridgehead atoms. The van der Waals surface area contributed by atoms with E-state index in [1.807, 2.05) is 24.3 Å². The van der Waals surface area contributed by atoms with Crippen LogP contribution in [0.5, 0.6) is 0 Å². The van der Waals surface area contributed by atoms with E-state index in [0.29, 0.717) is 11.3 Å². The molecule has 3 nitrogen and oxygen atoms in total. The highest BCUT2D eigenvalue weighted by Crippen LogP contribution is 2.29. The molecule has 4 heteroatoms. The molecule has 94 valence electrons. The monoisotopic (exact) mass is 261 g/mol. The van der Waals surface area contributed by atoms with Gasteiger partial charge < -0.3 is 5.32 Å². The van der Waals surface area contributed by atoms with Crippen molar-refractivity contribution in [2.45, 2.75) is 24.6 Å². The lowest BCUT2D eigenvalue weighted by Gasteiger charge is -2.11. The molecule has 1 heterocycles. The number of nitrogens with one attached hydrogen (secondary N) is 1. The average molecular weight is 262 g/mol. The average Bonchev–Trinajstić information content (AvgIpc) is 2.82. The second-order valence-corrected chi connectivity index (χ2v) is 5.52. The molecule has 1 aromatic carbocycles. The van der Waals surface area contributed by atoms with Crippen LogP contribution in [0.25, 0.3) is 11.0 Å². The van der Waals surface area contributed by atoms with Gasteiger partial charge in [-0.25, -0.2) is 4.98 Å². The third kappa shape index (κ3) is 2.56. The van der Waals surface area contributed by atoms with Crippen molar-refractivity contribution in [3.63, 3.8) is 0 Å². The molecule has 1 fully saturated rings. The first kappa shape index (κ1) is 11.7. The fraction of sp³-hybridized carbons (Fsp3) is 0.429. The lowest BCUT2D eigenvalue weighted by Crippen LogP contribution is -2.12. The summed E-state index contributed by atoms with van der Waals surface area (Å²) in [6.07, 6.45) is 5.25. The van der Waals surface area contributed by atoms with Gasteiger partial charge in [-0.1, -0.05) is 12.1 Å². The molecule has 1 aliphatic carbocycles. The molecule has 0 spiro atoms. The first-order valence-corrected chi connectivity index (χ1v) is 6.84. The molecule has 1 N–H and O–H groups in total. The SMILES string of the molecule is ClC1CCC(CNc2cnc3ccccc3n2)C1. The maximum Gasteiger partial charge on any atom is 0.145 e. The van der Waals surface area contributed by atoms with Gasteiger partial charge in [0, 0.05) is 11.9 Å². The molecular weight excluding hydrogens is 246 g/mol. The molecule has 2 unspecified atom stereocenters. The van der Waals surface area contributed by atoms with E-state index < -0.39 is 0 Å². The van der Waals surface area contributed by atoms with E-state index in [4.69, 9.17) is 11.6 Å². The Bertz CT molecular complexity index is 543. The number of benzene rings is 1. The molecule has 0 saturated heterocycles. The van der Waals surface area contributed by atoms with E-state index >= 15 is 0 Å². The minimum absolute atomic E-state index is 0.361. The second kappa shape index (κ2) is 5.11. The van der Waals surface area contributed by atoms with Gasteiger partial charge in [0.05, 0.1) is 17.2 Å². The van der Waals surface area contributed by atoms with E-state index in [0.717, 1.165) is 36.2 Å². The standard InChI is InChI=1S/C14H16ClN3/c15-11-6-5-10(7-11)8-17-14-9-16-12-3-1-2-4-13(12)18-14/h1-4,9-11H,5-8H2,(H,17,18). The Morgan fingerprint density at radius 3 is 2.83 bits per heavy atom. The van der Waals surface area contributed by atoms with E-state index in [1.165, 1.54) is 6.42 Å². The van der Waals surface area contributed by atoms with Crippen LogP contribution < -0.4 is 5.32 Å². The van der Waals surface area contributed by atoms with Gasteiger partial charge in [0.2, 0.25) is 0 Å². The third-order valence-corrected chi connectivity index (χ3v) is 3.89. The molecule has 0 radical (unpaired) electrons. The van der Waals surface area contributed by atoms with Crippen molar-refractivity contribution in [3.05, 3.63) is 30.5 Å². The molecule has 0 aliphatic heterocycles. The summed E-state index contributed by atoms with van der Waals surface area (Å²) in [7, 11) is 0. The van der Waals surface area contributed by atoms with Crippen molar-refractivity contribution < 1.29 is 0 Å². The maximum absolute atomic E-state index is 6.11. The lowest BCUT2D eigenvalue weighted by atomic mass is 10.1. The lowest BCUT2D eigenvalue weighted by molar-refractivity contribution is 0.579. The molecule has 1 aromatic heterocycles. The van der Waals surface area contributed by atoms with E-state index in [2.05, 4.69) is 15.3 Å². The van der Waals surface area contributed by atoms with Gasteiger partial charge in [-0.2, -0.15) is 0 Å². The molecular formula is C14H16ClN3. The molecule has 2 atom stereocenters. The molecule has 1 saturated carbocycles. The van der Waals surface area contributed by atoms with Crippen LogP contribution in [-0.4, -0.2) is 21.9 Å². The Morgan fingerprint density at radius 1 is 1.22 bits per heavy atom. The van der Waals surface area contributed by atoms with E-state index in [1.54, 1.807) is 6.20 Å². The topological polar surface area (TPSA) is 37.8 Å². The second-order valence-electron chi connectivity index (χ2n) is 4.90. The zero-order valence-electron chi connectivity index (χ0n) is 10.1. The predicted molar refractivity (Wildman–Crippen MR) is 75.0 cm³/mol. The number of fused-ring (bicyclic) bond motifs is 1. The van der Waals surface area contributed by atoms with E-state index in [-0.39, 0.29) is 0 Å². The summed E-state index contributed by atoms with van der Waals surface area (Å²) in [6, 6.07) is 7.91. The molecule has 2 aromatic rings. The van der Waals surface area contributed by atoms with Gasteiger partial charge in [-0.3, -0.25) is 4.98 Å². The molecule has 3 rings (SSSR count). The van der Waals surface area contributed by atoms with Crippen LogP contribution in [0.2, 0.25) is 0 Å². The fourth-order valence-corrected chi connectivity index (χ4v) is 2.87. The summed E-state index contributed by atoms with van der Waals surface area (Å²) in [4.78, 5) is 8.94. The summed E-state index contributed by atoms with van der Waals surface area (Å²) in [5, 5.41) is 3.73. The van der Waals surface area contributed by atoms with E-state index in [9.17, 15) is 0 Å². The van der Waals surface area contributed by atoms with Crippen molar-refractivity contribution in [1.82, 2.24) is 9.97 Å². The minimum Gasteiger partial charge on any atom is -0.368 e. The highest BCUT2D eigenvalue weighted by Gasteiger charge is 2.22. The highest BCUT2D eigenvalue weighted by atomic mass is 35.5. The first-order valence-electron chi connectivity index (χ1n) is 6.41. The Hall–Kier alpha value is -1.35. The Labute approximate surface area is 112 Å². The van der Waals surface area contributed by atoms with Crippen molar-refractivity contribution in [1.29, 1.82) is 0 Å². The zero-order valence-corrected chi connectivity index (χ0v) is 10.9. The van der Waals surface area contributed by atoms with Gasteiger partial charge in [0.15, 0.2) is 0 Å². The Balaban J connectivity index is 1.67. The number of halogens is 1. The molecule has 0 amide bonds.